The second-order valence-corrected chi connectivity index (χ2v) is 3.84. The maximum Gasteiger partial charge on any atom is 0.315 e. The van der Waals surface area contributed by atoms with E-state index in [1.165, 1.54) is 12.1 Å². The molecule has 0 bridgehead atoms. The van der Waals surface area contributed by atoms with E-state index < -0.39 is 5.97 Å². The molecule has 0 amide bonds. The van der Waals surface area contributed by atoms with E-state index >= 15 is 0 Å². The van der Waals surface area contributed by atoms with Crippen LogP contribution in [0.5, 0.6) is 0 Å². The second kappa shape index (κ2) is 5.27. The van der Waals surface area contributed by atoms with Crippen molar-refractivity contribution in [3.8, 4) is 11.8 Å². The fourth-order valence-corrected chi connectivity index (χ4v) is 1.51. The van der Waals surface area contributed by atoms with Gasteiger partial charge in [0.25, 0.3) is 0 Å². The van der Waals surface area contributed by atoms with Crippen molar-refractivity contribution in [3.63, 3.8) is 0 Å². The summed E-state index contributed by atoms with van der Waals surface area (Å²) in [5.74, 6) is 4.05. The molecular formula is C10H5Cl3O2. The van der Waals surface area contributed by atoms with Gasteiger partial charge in [0, 0.05) is 10.6 Å². The van der Waals surface area contributed by atoms with E-state index in [2.05, 4.69) is 11.8 Å². The lowest BCUT2D eigenvalue weighted by Crippen LogP contribution is -1.90. The van der Waals surface area contributed by atoms with Gasteiger partial charge in [-0.3, -0.25) is 4.79 Å². The van der Waals surface area contributed by atoms with Gasteiger partial charge < -0.3 is 5.11 Å². The van der Waals surface area contributed by atoms with Gasteiger partial charge in [0.05, 0.1) is 10.0 Å². The summed E-state index contributed by atoms with van der Waals surface area (Å²) in [5, 5.41) is 9.36. The van der Waals surface area contributed by atoms with Crippen LogP contribution in [0.3, 0.4) is 0 Å². The quantitative estimate of drug-likeness (QED) is 0.622. The van der Waals surface area contributed by atoms with Gasteiger partial charge in [0.1, 0.15) is 6.42 Å². The highest BCUT2D eigenvalue weighted by atomic mass is 35.5. The molecule has 0 unspecified atom stereocenters. The molecule has 1 N–H and O–H groups in total. The van der Waals surface area contributed by atoms with Gasteiger partial charge in [0.15, 0.2) is 0 Å². The zero-order chi connectivity index (χ0) is 11.4. The largest absolute Gasteiger partial charge is 0.481 e. The number of carbonyl (C=O) groups is 1. The van der Waals surface area contributed by atoms with E-state index in [0.717, 1.165) is 0 Å². The zero-order valence-electron chi connectivity index (χ0n) is 7.35. The summed E-state index contributed by atoms with van der Waals surface area (Å²) in [4.78, 5) is 10.2. The average molecular weight is 264 g/mol. The molecule has 0 aliphatic carbocycles. The van der Waals surface area contributed by atoms with Crippen LogP contribution in [0, 0.1) is 11.8 Å². The lowest BCUT2D eigenvalue weighted by Gasteiger charge is -1.99. The summed E-state index contributed by atoms with van der Waals surface area (Å²) in [5.41, 5.74) is 0.426. The maximum atomic E-state index is 10.2. The molecule has 1 rings (SSSR count). The third-order valence-electron chi connectivity index (χ3n) is 1.46. The van der Waals surface area contributed by atoms with Gasteiger partial charge >= 0.3 is 5.97 Å². The van der Waals surface area contributed by atoms with Gasteiger partial charge in [-0.1, -0.05) is 46.6 Å². The Morgan fingerprint density at radius 1 is 1.33 bits per heavy atom. The first-order valence-electron chi connectivity index (χ1n) is 3.86. The predicted octanol–water partition coefficient (Wildman–Crippen LogP) is 3.47. The number of carboxylic acid groups (broad SMARTS) is 1. The van der Waals surface area contributed by atoms with Gasteiger partial charge in [-0.15, -0.1) is 0 Å². The van der Waals surface area contributed by atoms with Crippen LogP contribution in [0.2, 0.25) is 15.1 Å². The zero-order valence-corrected chi connectivity index (χ0v) is 9.62. The molecule has 0 saturated heterocycles. The molecule has 0 aromatic heterocycles. The molecule has 78 valence electrons. The summed E-state index contributed by atoms with van der Waals surface area (Å²) in [7, 11) is 0. The molecular weight excluding hydrogens is 258 g/mol. The van der Waals surface area contributed by atoms with E-state index in [1.807, 2.05) is 0 Å². The van der Waals surface area contributed by atoms with Crippen molar-refractivity contribution in [3.05, 3.63) is 32.8 Å². The number of halogens is 3. The lowest BCUT2D eigenvalue weighted by molar-refractivity contribution is -0.135. The highest BCUT2D eigenvalue weighted by Crippen LogP contribution is 2.29. The third-order valence-corrected chi connectivity index (χ3v) is 2.48. The Kier molecular flexibility index (Phi) is 4.28. The summed E-state index contributed by atoms with van der Waals surface area (Å²) in [6.07, 6.45) is -0.250. The molecule has 0 heterocycles. The van der Waals surface area contributed by atoms with E-state index in [0.29, 0.717) is 15.6 Å². The summed E-state index contributed by atoms with van der Waals surface area (Å²) >= 11 is 17.3. The summed E-state index contributed by atoms with van der Waals surface area (Å²) < 4.78 is 0. The van der Waals surface area contributed by atoms with Crippen molar-refractivity contribution in [2.45, 2.75) is 6.42 Å². The topological polar surface area (TPSA) is 37.3 Å². The Balaban J connectivity index is 3.02. The minimum absolute atomic E-state index is 0.250. The van der Waals surface area contributed by atoms with Gasteiger partial charge in [-0.25, -0.2) is 0 Å². The predicted molar refractivity (Wildman–Crippen MR) is 60.6 cm³/mol. The molecule has 0 spiro atoms. The molecule has 0 aliphatic heterocycles. The average Bonchev–Trinajstić information content (AvgIpc) is 2.12. The van der Waals surface area contributed by atoms with Crippen molar-refractivity contribution < 1.29 is 9.90 Å². The Bertz CT molecular complexity index is 458. The minimum Gasteiger partial charge on any atom is -0.481 e. The number of carboxylic acids is 1. The Hall–Kier alpha value is -0.880. The van der Waals surface area contributed by atoms with E-state index in [9.17, 15) is 4.79 Å². The second-order valence-electron chi connectivity index (χ2n) is 2.62. The van der Waals surface area contributed by atoms with Crippen LogP contribution in [-0.4, -0.2) is 11.1 Å². The Morgan fingerprint density at radius 3 is 2.60 bits per heavy atom. The highest BCUT2D eigenvalue weighted by molar-refractivity contribution is 6.43. The first-order chi connectivity index (χ1) is 7.00. The van der Waals surface area contributed by atoms with Crippen LogP contribution < -0.4 is 0 Å². The molecule has 0 aliphatic rings. The van der Waals surface area contributed by atoms with Gasteiger partial charge in [0.2, 0.25) is 0 Å². The van der Waals surface area contributed by atoms with E-state index in [4.69, 9.17) is 39.9 Å². The minimum atomic E-state index is -0.994. The van der Waals surface area contributed by atoms with Gasteiger partial charge in [-0.2, -0.15) is 0 Å². The Labute approximate surface area is 102 Å². The van der Waals surface area contributed by atoms with Crippen LogP contribution in [0.25, 0.3) is 0 Å². The molecule has 15 heavy (non-hydrogen) atoms. The molecule has 1 aromatic rings. The van der Waals surface area contributed by atoms with Crippen molar-refractivity contribution in [2.24, 2.45) is 0 Å². The van der Waals surface area contributed by atoms with Gasteiger partial charge in [-0.05, 0) is 12.1 Å². The molecule has 0 fully saturated rings. The normalized spacial score (nSPS) is 9.27. The first-order valence-corrected chi connectivity index (χ1v) is 4.99. The fraction of sp³-hybridized carbons (Fsp3) is 0.100. The molecule has 0 saturated carbocycles. The monoisotopic (exact) mass is 262 g/mol. The van der Waals surface area contributed by atoms with Crippen molar-refractivity contribution in [2.75, 3.05) is 0 Å². The van der Waals surface area contributed by atoms with Crippen LogP contribution in [-0.2, 0) is 4.79 Å². The number of hydrogen-bond acceptors (Lipinski definition) is 1. The van der Waals surface area contributed by atoms with Crippen LogP contribution in [0.4, 0.5) is 0 Å². The van der Waals surface area contributed by atoms with E-state index in [-0.39, 0.29) is 11.4 Å². The number of rotatable bonds is 1. The van der Waals surface area contributed by atoms with Crippen LogP contribution in [0.15, 0.2) is 12.1 Å². The number of hydrogen-bond donors (Lipinski definition) is 1. The standard InChI is InChI=1S/C10H5Cl3O2/c11-7-4-6(2-1-3-9(14)15)10(13)8(12)5-7/h4-5H,3H2,(H,14,15). The smallest absolute Gasteiger partial charge is 0.315 e. The van der Waals surface area contributed by atoms with Crippen LogP contribution in [0.1, 0.15) is 12.0 Å². The fourth-order valence-electron chi connectivity index (χ4n) is 0.862. The molecule has 0 radical (unpaired) electrons. The number of benzene rings is 1. The van der Waals surface area contributed by atoms with E-state index in [1.54, 1.807) is 0 Å². The Morgan fingerprint density at radius 2 is 2.00 bits per heavy atom. The molecule has 1 aromatic carbocycles. The summed E-state index contributed by atoms with van der Waals surface area (Å²) in [6, 6.07) is 3.03. The number of aliphatic carboxylic acids is 1. The molecule has 5 heteroatoms. The summed E-state index contributed by atoms with van der Waals surface area (Å²) in [6.45, 7) is 0. The maximum absolute atomic E-state index is 10.2. The lowest BCUT2D eigenvalue weighted by atomic mass is 10.2. The molecule has 0 atom stereocenters. The van der Waals surface area contributed by atoms with Crippen molar-refractivity contribution in [1.29, 1.82) is 0 Å². The first kappa shape index (κ1) is 12.2. The SMILES string of the molecule is O=C(O)CC#Cc1cc(Cl)cc(Cl)c1Cl. The highest BCUT2D eigenvalue weighted by Gasteiger charge is 2.04. The molecule has 2 nitrogen and oxygen atoms in total. The van der Waals surface area contributed by atoms with Crippen molar-refractivity contribution in [1.82, 2.24) is 0 Å². The van der Waals surface area contributed by atoms with Crippen molar-refractivity contribution >= 4 is 40.8 Å². The van der Waals surface area contributed by atoms with Crippen LogP contribution >= 0.6 is 34.8 Å². The third kappa shape index (κ3) is 3.64.